The van der Waals surface area contributed by atoms with Gasteiger partial charge in [-0.1, -0.05) is 5.16 Å². The maximum atomic E-state index is 11.9. The van der Waals surface area contributed by atoms with Gasteiger partial charge in [-0.3, -0.25) is 4.79 Å². The van der Waals surface area contributed by atoms with E-state index in [-0.39, 0.29) is 31.4 Å². The number of aromatic amines is 1. The lowest BCUT2D eigenvalue weighted by molar-refractivity contribution is -0.150. The number of benzene rings is 1. The van der Waals surface area contributed by atoms with Gasteiger partial charge in [-0.25, -0.2) is 9.78 Å². The number of carbonyl (C=O) groups is 1. The molecule has 0 unspecified atom stereocenters. The molecule has 0 saturated heterocycles. The smallest absolute Gasteiger partial charge is 0.347 e. The summed E-state index contributed by atoms with van der Waals surface area (Å²) in [6, 6.07) is 7.11. The number of hydrogen-bond donors (Lipinski definition) is 1. The van der Waals surface area contributed by atoms with E-state index >= 15 is 0 Å². The highest BCUT2D eigenvalue weighted by molar-refractivity contribution is 7.17. The molecule has 4 rings (SSSR count). The van der Waals surface area contributed by atoms with Crippen molar-refractivity contribution in [3.63, 3.8) is 0 Å². The zero-order valence-corrected chi connectivity index (χ0v) is 15.6. The molecule has 144 valence electrons. The van der Waals surface area contributed by atoms with Gasteiger partial charge >= 0.3 is 5.97 Å². The Morgan fingerprint density at radius 2 is 2.18 bits per heavy atom. The van der Waals surface area contributed by atoms with Crippen molar-refractivity contribution >= 4 is 33.2 Å². The van der Waals surface area contributed by atoms with E-state index in [9.17, 15) is 9.59 Å². The van der Waals surface area contributed by atoms with Gasteiger partial charge in [-0.05, 0) is 36.6 Å². The Hall–Kier alpha value is -3.40. The number of esters is 1. The van der Waals surface area contributed by atoms with Gasteiger partial charge in [0.2, 0.25) is 13.4 Å². The Kier molecular flexibility index (Phi) is 4.94. The standard InChI is InChI=1S/C18H15N3O6S/c1-10(11-2-3-13-14(6-11)26-9-25-13)21-27-8-16(22)24-7-15-19-12-4-5-28-17(12)18(23)20-15/h2-6H,7-9H2,1H3,(H,19,20,23)/b21-10+. The third-order valence-electron chi connectivity index (χ3n) is 3.91. The van der Waals surface area contributed by atoms with Crippen molar-refractivity contribution in [1.29, 1.82) is 0 Å². The van der Waals surface area contributed by atoms with Crippen LogP contribution in [-0.4, -0.2) is 35.0 Å². The quantitative estimate of drug-likeness (QED) is 0.383. The lowest BCUT2D eigenvalue weighted by Crippen LogP contribution is -2.15. The van der Waals surface area contributed by atoms with Gasteiger partial charge in [-0.15, -0.1) is 11.3 Å². The zero-order valence-electron chi connectivity index (χ0n) is 14.8. The minimum absolute atomic E-state index is 0.159. The molecule has 2 aromatic heterocycles. The fourth-order valence-electron chi connectivity index (χ4n) is 2.54. The molecule has 1 N–H and O–H groups in total. The molecule has 0 saturated carbocycles. The van der Waals surface area contributed by atoms with Crippen LogP contribution in [0.4, 0.5) is 0 Å². The number of aromatic nitrogens is 2. The molecule has 1 aromatic carbocycles. The Labute approximate surface area is 162 Å². The minimum Gasteiger partial charge on any atom is -0.455 e. The van der Waals surface area contributed by atoms with Gasteiger partial charge in [0.1, 0.15) is 17.1 Å². The number of H-pyrrole nitrogens is 1. The second kappa shape index (κ2) is 7.69. The van der Waals surface area contributed by atoms with E-state index in [1.54, 1.807) is 30.5 Å². The predicted molar refractivity (Wildman–Crippen MR) is 101 cm³/mol. The van der Waals surface area contributed by atoms with E-state index in [1.807, 2.05) is 6.07 Å². The highest BCUT2D eigenvalue weighted by atomic mass is 32.1. The third kappa shape index (κ3) is 3.81. The maximum absolute atomic E-state index is 11.9. The highest BCUT2D eigenvalue weighted by Crippen LogP contribution is 2.32. The molecule has 9 nitrogen and oxygen atoms in total. The molecule has 0 bridgehead atoms. The molecule has 0 radical (unpaired) electrons. The number of nitrogens with one attached hydrogen (secondary N) is 1. The number of thiophene rings is 1. The molecule has 0 aliphatic carbocycles. The van der Waals surface area contributed by atoms with Crippen LogP contribution in [-0.2, 0) is 21.0 Å². The van der Waals surface area contributed by atoms with Crippen LogP contribution in [0.1, 0.15) is 18.3 Å². The van der Waals surface area contributed by atoms with Crippen LogP contribution in [0, 0.1) is 0 Å². The number of rotatable bonds is 6. The summed E-state index contributed by atoms with van der Waals surface area (Å²) in [5.41, 5.74) is 1.66. The van der Waals surface area contributed by atoms with E-state index in [1.165, 1.54) is 11.3 Å². The Balaban J connectivity index is 1.30. The topological polar surface area (TPSA) is 112 Å². The second-order valence-corrected chi connectivity index (χ2v) is 6.74. The zero-order chi connectivity index (χ0) is 19.5. The van der Waals surface area contributed by atoms with E-state index in [0.717, 1.165) is 5.56 Å². The van der Waals surface area contributed by atoms with Crippen LogP contribution in [0.15, 0.2) is 39.6 Å². The van der Waals surface area contributed by atoms with Crippen molar-refractivity contribution in [1.82, 2.24) is 9.97 Å². The number of ether oxygens (including phenoxy) is 3. The van der Waals surface area contributed by atoms with Crippen molar-refractivity contribution in [2.75, 3.05) is 13.4 Å². The predicted octanol–water partition coefficient (Wildman–Crippen LogP) is 2.20. The summed E-state index contributed by atoms with van der Waals surface area (Å²) >= 11 is 1.30. The molecule has 1 aliphatic heterocycles. The Bertz CT molecular complexity index is 1120. The fraction of sp³-hybridized carbons (Fsp3) is 0.222. The van der Waals surface area contributed by atoms with E-state index in [0.29, 0.717) is 27.4 Å². The normalized spacial score (nSPS) is 13.0. The lowest BCUT2D eigenvalue weighted by atomic mass is 10.1. The Morgan fingerprint density at radius 3 is 3.07 bits per heavy atom. The van der Waals surface area contributed by atoms with Crippen LogP contribution < -0.4 is 15.0 Å². The number of carbonyl (C=O) groups excluding carboxylic acids is 1. The summed E-state index contributed by atoms with van der Waals surface area (Å²) in [6.07, 6.45) is 0. The van der Waals surface area contributed by atoms with Crippen molar-refractivity contribution in [2.45, 2.75) is 13.5 Å². The largest absolute Gasteiger partial charge is 0.455 e. The summed E-state index contributed by atoms with van der Waals surface area (Å²) < 4.78 is 16.2. The van der Waals surface area contributed by atoms with Gasteiger partial charge in [-0.2, -0.15) is 0 Å². The van der Waals surface area contributed by atoms with Gasteiger partial charge in [0.25, 0.3) is 5.56 Å². The fourth-order valence-corrected chi connectivity index (χ4v) is 3.26. The summed E-state index contributed by atoms with van der Waals surface area (Å²) in [6.45, 7) is 1.41. The van der Waals surface area contributed by atoms with Crippen LogP contribution in [0.3, 0.4) is 0 Å². The van der Waals surface area contributed by atoms with Gasteiger partial charge in [0.15, 0.2) is 11.5 Å². The molecular weight excluding hydrogens is 386 g/mol. The van der Waals surface area contributed by atoms with Gasteiger partial charge in [0.05, 0.1) is 11.2 Å². The van der Waals surface area contributed by atoms with E-state index in [2.05, 4.69) is 15.1 Å². The van der Waals surface area contributed by atoms with Crippen molar-refractivity contribution in [2.24, 2.45) is 5.16 Å². The van der Waals surface area contributed by atoms with Crippen molar-refractivity contribution in [3.8, 4) is 11.5 Å². The molecule has 3 aromatic rings. The lowest BCUT2D eigenvalue weighted by Gasteiger charge is -2.05. The van der Waals surface area contributed by atoms with Gasteiger partial charge < -0.3 is 24.0 Å². The van der Waals surface area contributed by atoms with E-state index in [4.69, 9.17) is 19.0 Å². The molecular formula is C18H15N3O6S. The van der Waals surface area contributed by atoms with Gasteiger partial charge in [0, 0.05) is 5.56 Å². The summed E-state index contributed by atoms with van der Waals surface area (Å²) in [5.74, 6) is 0.948. The molecule has 0 spiro atoms. The Morgan fingerprint density at radius 1 is 1.32 bits per heavy atom. The molecule has 10 heteroatoms. The van der Waals surface area contributed by atoms with E-state index < -0.39 is 5.97 Å². The second-order valence-electron chi connectivity index (χ2n) is 5.83. The molecule has 28 heavy (non-hydrogen) atoms. The summed E-state index contributed by atoms with van der Waals surface area (Å²) in [7, 11) is 0. The van der Waals surface area contributed by atoms with Crippen LogP contribution >= 0.6 is 11.3 Å². The maximum Gasteiger partial charge on any atom is 0.347 e. The average molecular weight is 401 g/mol. The monoisotopic (exact) mass is 401 g/mol. The van der Waals surface area contributed by atoms with Crippen LogP contribution in [0.2, 0.25) is 0 Å². The molecule has 3 heterocycles. The highest BCUT2D eigenvalue weighted by Gasteiger charge is 2.14. The first-order chi connectivity index (χ1) is 13.6. The number of nitrogens with zero attached hydrogens (tertiary/aromatic N) is 2. The van der Waals surface area contributed by atoms with Crippen LogP contribution in [0.5, 0.6) is 11.5 Å². The number of oxime groups is 1. The first-order valence-corrected chi connectivity index (χ1v) is 9.17. The molecule has 0 fully saturated rings. The first kappa shape index (κ1) is 18.0. The summed E-state index contributed by atoms with van der Waals surface area (Å²) in [5, 5.41) is 5.69. The third-order valence-corrected chi connectivity index (χ3v) is 4.81. The molecule has 1 aliphatic rings. The number of hydrogen-bond acceptors (Lipinski definition) is 9. The minimum atomic E-state index is -0.629. The molecule has 0 atom stereocenters. The van der Waals surface area contributed by atoms with Crippen molar-refractivity contribution in [3.05, 3.63) is 51.4 Å². The summed E-state index contributed by atoms with van der Waals surface area (Å²) in [4.78, 5) is 35.6. The number of fused-ring (bicyclic) bond motifs is 2. The SMILES string of the molecule is C/C(=N\OCC(=O)OCc1nc2ccsc2c(=O)[nH]1)c1ccc2c(c1)OCO2. The van der Waals surface area contributed by atoms with Crippen LogP contribution in [0.25, 0.3) is 10.2 Å². The van der Waals surface area contributed by atoms with Crippen molar-refractivity contribution < 1.29 is 23.8 Å². The molecule has 0 amide bonds. The first-order valence-electron chi connectivity index (χ1n) is 8.29. The average Bonchev–Trinajstić information content (AvgIpc) is 3.35.